The van der Waals surface area contributed by atoms with Gasteiger partial charge in [0.1, 0.15) is 0 Å². The van der Waals surface area contributed by atoms with E-state index in [-0.39, 0.29) is 0 Å². The van der Waals surface area contributed by atoms with Crippen LogP contribution in [0.15, 0.2) is 4.99 Å². The van der Waals surface area contributed by atoms with Gasteiger partial charge in [0.15, 0.2) is 0 Å². The Balaban J connectivity index is 2.46. The van der Waals surface area contributed by atoms with Crippen molar-refractivity contribution in [3.05, 3.63) is 0 Å². The molecule has 0 unspecified atom stereocenters. The summed E-state index contributed by atoms with van der Waals surface area (Å²) in [6, 6.07) is 0.334. The number of aliphatic imine (C=N–C) groups is 1. The minimum Gasteiger partial charge on any atom is -0.382 e. The highest BCUT2D eigenvalue weighted by atomic mass is 16.5. The highest BCUT2D eigenvalue weighted by Crippen LogP contribution is 2.21. The third-order valence-corrected chi connectivity index (χ3v) is 2.68. The van der Waals surface area contributed by atoms with E-state index in [4.69, 9.17) is 9.73 Å². The van der Waals surface area contributed by atoms with Gasteiger partial charge in [0.05, 0.1) is 12.6 Å². The molecule has 2 nitrogen and oxygen atoms in total. The molecular formula is C11H21NO. The summed E-state index contributed by atoms with van der Waals surface area (Å²) in [5.41, 5.74) is 1.41. The molecule has 1 rings (SSSR count). The monoisotopic (exact) mass is 183 g/mol. The van der Waals surface area contributed by atoms with Gasteiger partial charge in [-0.3, -0.25) is 4.99 Å². The van der Waals surface area contributed by atoms with Crippen LogP contribution >= 0.6 is 0 Å². The molecule has 0 aromatic carbocycles. The van der Waals surface area contributed by atoms with Crippen LogP contribution in [0.3, 0.4) is 0 Å². The molecule has 0 heterocycles. The van der Waals surface area contributed by atoms with Gasteiger partial charge in [-0.05, 0) is 32.1 Å². The first-order valence-electron chi connectivity index (χ1n) is 5.29. The second-order valence-electron chi connectivity index (χ2n) is 4.07. The fraction of sp³-hybridized carbons (Fsp3) is 0.909. The van der Waals surface area contributed by atoms with E-state index in [0.29, 0.717) is 12.0 Å². The molecule has 0 saturated heterocycles. The molecule has 0 amide bonds. The van der Waals surface area contributed by atoms with Gasteiger partial charge in [-0.1, -0.05) is 13.3 Å². The Hall–Kier alpha value is -0.370. The number of methoxy groups -OCH3 is 1. The van der Waals surface area contributed by atoms with Crippen molar-refractivity contribution in [2.75, 3.05) is 13.7 Å². The van der Waals surface area contributed by atoms with Crippen LogP contribution in [0.1, 0.15) is 39.5 Å². The SMILES string of the molecule is COC[C@H](C)N=C1CCCC[C@@H]1C. The van der Waals surface area contributed by atoms with Crippen molar-refractivity contribution in [2.45, 2.75) is 45.6 Å². The summed E-state index contributed by atoms with van der Waals surface area (Å²) in [7, 11) is 1.74. The van der Waals surface area contributed by atoms with Crippen LogP contribution in [0.4, 0.5) is 0 Å². The Bertz CT molecular complexity index is 177. The van der Waals surface area contributed by atoms with E-state index in [1.165, 1.54) is 31.4 Å². The second kappa shape index (κ2) is 5.38. The molecule has 0 aliphatic heterocycles. The Kier molecular flexibility index (Phi) is 4.43. The van der Waals surface area contributed by atoms with E-state index in [1.54, 1.807) is 7.11 Å². The fourth-order valence-corrected chi connectivity index (χ4v) is 1.92. The molecule has 0 radical (unpaired) electrons. The van der Waals surface area contributed by atoms with Crippen molar-refractivity contribution in [3.8, 4) is 0 Å². The summed E-state index contributed by atoms with van der Waals surface area (Å²) in [5.74, 6) is 0.702. The first-order valence-corrected chi connectivity index (χ1v) is 5.29. The molecule has 0 aromatic heterocycles. The molecule has 13 heavy (non-hydrogen) atoms. The number of hydrogen-bond acceptors (Lipinski definition) is 2. The lowest BCUT2D eigenvalue weighted by Crippen LogP contribution is -2.20. The van der Waals surface area contributed by atoms with Crippen LogP contribution in [-0.4, -0.2) is 25.5 Å². The third kappa shape index (κ3) is 3.47. The third-order valence-electron chi connectivity index (χ3n) is 2.68. The minimum atomic E-state index is 0.334. The Morgan fingerprint density at radius 2 is 2.31 bits per heavy atom. The standard InChI is InChI=1S/C11H21NO/c1-9-6-4-5-7-11(9)12-10(2)8-13-3/h9-10H,4-8H2,1-3H3/t9-,10-/m0/s1. The average Bonchev–Trinajstić information content (AvgIpc) is 2.09. The maximum absolute atomic E-state index is 5.07. The molecule has 2 heteroatoms. The molecule has 1 fully saturated rings. The Morgan fingerprint density at radius 1 is 1.54 bits per heavy atom. The molecular weight excluding hydrogens is 162 g/mol. The van der Waals surface area contributed by atoms with Crippen molar-refractivity contribution >= 4 is 5.71 Å². The van der Waals surface area contributed by atoms with Crippen LogP contribution in [0, 0.1) is 5.92 Å². The number of nitrogens with zero attached hydrogens (tertiary/aromatic N) is 1. The van der Waals surface area contributed by atoms with E-state index in [0.717, 1.165) is 6.61 Å². The normalized spacial score (nSPS) is 29.2. The minimum absolute atomic E-state index is 0.334. The molecule has 0 aromatic rings. The predicted molar refractivity (Wildman–Crippen MR) is 56.4 cm³/mol. The molecule has 2 atom stereocenters. The molecule has 1 saturated carbocycles. The van der Waals surface area contributed by atoms with Crippen LogP contribution in [0.25, 0.3) is 0 Å². The Morgan fingerprint density at radius 3 is 2.92 bits per heavy atom. The van der Waals surface area contributed by atoms with Crippen LogP contribution in [0.2, 0.25) is 0 Å². The topological polar surface area (TPSA) is 21.6 Å². The summed E-state index contributed by atoms with van der Waals surface area (Å²) in [5, 5.41) is 0. The van der Waals surface area contributed by atoms with Crippen molar-refractivity contribution in [1.82, 2.24) is 0 Å². The zero-order chi connectivity index (χ0) is 9.68. The van der Waals surface area contributed by atoms with E-state index in [2.05, 4.69) is 13.8 Å². The van der Waals surface area contributed by atoms with Gasteiger partial charge < -0.3 is 4.74 Å². The number of ether oxygens (including phenoxy) is 1. The van der Waals surface area contributed by atoms with Gasteiger partial charge in [0.25, 0.3) is 0 Å². The second-order valence-corrected chi connectivity index (χ2v) is 4.07. The first kappa shape index (κ1) is 10.7. The van der Waals surface area contributed by atoms with E-state index >= 15 is 0 Å². The van der Waals surface area contributed by atoms with Gasteiger partial charge in [0, 0.05) is 12.8 Å². The lowest BCUT2D eigenvalue weighted by atomic mass is 9.88. The summed E-state index contributed by atoms with van der Waals surface area (Å²) in [6.45, 7) is 5.16. The zero-order valence-corrected chi connectivity index (χ0v) is 9.05. The molecule has 0 spiro atoms. The first-order chi connectivity index (χ1) is 6.24. The van der Waals surface area contributed by atoms with Gasteiger partial charge in [0.2, 0.25) is 0 Å². The van der Waals surface area contributed by atoms with Gasteiger partial charge in [-0.15, -0.1) is 0 Å². The molecule has 0 N–H and O–H groups in total. The van der Waals surface area contributed by atoms with Crippen molar-refractivity contribution < 1.29 is 4.74 Å². The van der Waals surface area contributed by atoms with Gasteiger partial charge >= 0.3 is 0 Å². The van der Waals surface area contributed by atoms with Crippen molar-refractivity contribution in [3.63, 3.8) is 0 Å². The fourth-order valence-electron chi connectivity index (χ4n) is 1.92. The van der Waals surface area contributed by atoms with Gasteiger partial charge in [-0.2, -0.15) is 0 Å². The maximum atomic E-state index is 5.07. The van der Waals surface area contributed by atoms with E-state index in [9.17, 15) is 0 Å². The summed E-state index contributed by atoms with van der Waals surface area (Å²) < 4.78 is 5.07. The largest absolute Gasteiger partial charge is 0.382 e. The summed E-state index contributed by atoms with van der Waals surface area (Å²) >= 11 is 0. The molecule has 1 aliphatic rings. The van der Waals surface area contributed by atoms with Gasteiger partial charge in [-0.25, -0.2) is 0 Å². The molecule has 1 aliphatic carbocycles. The van der Waals surface area contributed by atoms with Crippen molar-refractivity contribution in [1.29, 1.82) is 0 Å². The average molecular weight is 183 g/mol. The van der Waals surface area contributed by atoms with Crippen LogP contribution in [0.5, 0.6) is 0 Å². The van der Waals surface area contributed by atoms with E-state index < -0.39 is 0 Å². The summed E-state index contributed by atoms with van der Waals surface area (Å²) in [6.07, 6.45) is 5.22. The molecule has 0 bridgehead atoms. The smallest absolute Gasteiger partial charge is 0.0704 e. The van der Waals surface area contributed by atoms with Crippen LogP contribution < -0.4 is 0 Å². The lowest BCUT2D eigenvalue weighted by molar-refractivity contribution is 0.185. The molecule has 76 valence electrons. The van der Waals surface area contributed by atoms with Crippen molar-refractivity contribution in [2.24, 2.45) is 10.9 Å². The highest BCUT2D eigenvalue weighted by molar-refractivity contribution is 5.87. The Labute approximate surface area is 81.4 Å². The quantitative estimate of drug-likeness (QED) is 0.659. The van der Waals surface area contributed by atoms with E-state index in [1.807, 2.05) is 0 Å². The summed E-state index contributed by atoms with van der Waals surface area (Å²) in [4.78, 5) is 4.70. The predicted octanol–water partition coefficient (Wildman–Crippen LogP) is 2.67. The zero-order valence-electron chi connectivity index (χ0n) is 9.05. The number of hydrogen-bond donors (Lipinski definition) is 0. The maximum Gasteiger partial charge on any atom is 0.0704 e. The lowest BCUT2D eigenvalue weighted by Gasteiger charge is -2.21. The highest BCUT2D eigenvalue weighted by Gasteiger charge is 2.16. The number of rotatable bonds is 3. The van der Waals surface area contributed by atoms with Crippen LogP contribution in [-0.2, 0) is 4.74 Å².